The number of rotatable bonds is 6. The van der Waals surface area contributed by atoms with E-state index >= 15 is 0 Å². The molecule has 0 amide bonds. The molecule has 120 valence electrons. The molecule has 0 aliphatic rings. The predicted molar refractivity (Wildman–Crippen MR) is 96.9 cm³/mol. The van der Waals surface area contributed by atoms with Crippen LogP contribution in [0.4, 0.5) is 0 Å². The van der Waals surface area contributed by atoms with Crippen molar-refractivity contribution < 1.29 is 5.11 Å². The largest absolute Gasteiger partial charge is 0.390 e. The molecule has 0 spiro atoms. The van der Waals surface area contributed by atoms with Gasteiger partial charge in [0, 0.05) is 12.3 Å². The molecule has 1 N–H and O–H groups in total. The highest BCUT2D eigenvalue weighted by molar-refractivity contribution is 7.99. The van der Waals surface area contributed by atoms with E-state index in [2.05, 4.69) is 34.9 Å². The first kappa shape index (κ1) is 16.1. The number of thioether (sulfide) groups is 1. The minimum Gasteiger partial charge on any atom is -0.390 e. The van der Waals surface area contributed by atoms with Gasteiger partial charge in [0.05, 0.1) is 16.6 Å². The molecule has 0 unspecified atom stereocenters. The zero-order chi connectivity index (χ0) is 16.3. The van der Waals surface area contributed by atoms with Gasteiger partial charge in [0.15, 0.2) is 5.16 Å². The fraction of sp³-hybridized carbons (Fsp3) is 0.316. The van der Waals surface area contributed by atoms with Crippen LogP contribution in [0.25, 0.3) is 11.0 Å². The second-order valence-corrected chi connectivity index (χ2v) is 7.31. The Bertz CT molecular complexity index is 775. The average Bonchev–Trinajstić information content (AvgIpc) is 2.89. The summed E-state index contributed by atoms with van der Waals surface area (Å²) in [5, 5.41) is 11.0. The van der Waals surface area contributed by atoms with Crippen molar-refractivity contribution in [2.45, 2.75) is 37.6 Å². The maximum atomic E-state index is 9.99. The van der Waals surface area contributed by atoms with Crippen molar-refractivity contribution in [1.29, 1.82) is 0 Å². The molecule has 3 nitrogen and oxygen atoms in total. The van der Waals surface area contributed by atoms with E-state index in [1.165, 1.54) is 5.56 Å². The van der Waals surface area contributed by atoms with E-state index in [0.717, 1.165) is 29.2 Å². The Kier molecular flexibility index (Phi) is 4.74. The summed E-state index contributed by atoms with van der Waals surface area (Å²) < 4.78 is 2.26. The number of aryl methyl sites for hydroxylation is 2. The zero-order valence-electron chi connectivity index (χ0n) is 13.6. The molecule has 4 heteroatoms. The summed E-state index contributed by atoms with van der Waals surface area (Å²) in [6.07, 6.45) is 0.970. The third-order valence-corrected chi connectivity index (χ3v) is 5.06. The van der Waals surface area contributed by atoms with E-state index in [-0.39, 0.29) is 0 Å². The fourth-order valence-corrected chi connectivity index (χ4v) is 3.50. The van der Waals surface area contributed by atoms with E-state index in [9.17, 15) is 5.11 Å². The minimum atomic E-state index is -0.701. The van der Waals surface area contributed by atoms with Crippen molar-refractivity contribution in [2.24, 2.45) is 0 Å². The van der Waals surface area contributed by atoms with Gasteiger partial charge < -0.3 is 9.67 Å². The van der Waals surface area contributed by atoms with Crippen molar-refractivity contribution >= 4 is 22.8 Å². The number of aliphatic hydroxyl groups is 1. The lowest BCUT2D eigenvalue weighted by molar-refractivity contribution is 0.107. The quantitative estimate of drug-likeness (QED) is 0.692. The van der Waals surface area contributed by atoms with Crippen LogP contribution in [0, 0.1) is 0 Å². The molecule has 23 heavy (non-hydrogen) atoms. The highest BCUT2D eigenvalue weighted by Crippen LogP contribution is 2.27. The molecule has 2 aromatic carbocycles. The lowest BCUT2D eigenvalue weighted by Gasteiger charge is -2.16. The van der Waals surface area contributed by atoms with Gasteiger partial charge in [0.1, 0.15) is 0 Å². The van der Waals surface area contributed by atoms with Crippen molar-refractivity contribution in [1.82, 2.24) is 9.55 Å². The summed E-state index contributed by atoms with van der Waals surface area (Å²) in [5.41, 5.74) is 2.79. The van der Waals surface area contributed by atoms with Crippen LogP contribution < -0.4 is 0 Å². The molecule has 0 saturated heterocycles. The van der Waals surface area contributed by atoms with E-state index in [0.29, 0.717) is 5.75 Å². The summed E-state index contributed by atoms with van der Waals surface area (Å²) in [6, 6.07) is 18.7. The van der Waals surface area contributed by atoms with Gasteiger partial charge in [0.2, 0.25) is 0 Å². The van der Waals surface area contributed by atoms with Gasteiger partial charge in [0.25, 0.3) is 0 Å². The first-order valence-corrected chi connectivity index (χ1v) is 8.86. The normalized spacial score (nSPS) is 12.0. The number of fused-ring (bicyclic) bond motifs is 1. The van der Waals surface area contributed by atoms with Crippen LogP contribution in [0.1, 0.15) is 19.4 Å². The summed E-state index contributed by atoms with van der Waals surface area (Å²) in [5.74, 6) is 0.627. The highest BCUT2D eigenvalue weighted by atomic mass is 32.2. The maximum Gasteiger partial charge on any atom is 0.169 e. The van der Waals surface area contributed by atoms with Crippen LogP contribution in [0.5, 0.6) is 0 Å². The SMILES string of the molecule is CC(C)(O)CSc1nc2ccccc2n1CCc1ccccc1. The molecule has 1 aromatic heterocycles. The Morgan fingerprint density at radius 1 is 1.04 bits per heavy atom. The van der Waals surface area contributed by atoms with Crippen LogP contribution in [0.2, 0.25) is 0 Å². The number of hydrogen-bond donors (Lipinski definition) is 1. The molecule has 0 fully saturated rings. The van der Waals surface area contributed by atoms with Gasteiger partial charge in [-0.3, -0.25) is 0 Å². The van der Waals surface area contributed by atoms with Gasteiger partial charge in [-0.05, 0) is 38.0 Å². The minimum absolute atomic E-state index is 0.627. The number of imidazole rings is 1. The second-order valence-electron chi connectivity index (χ2n) is 6.37. The van der Waals surface area contributed by atoms with Crippen LogP contribution >= 0.6 is 11.8 Å². The van der Waals surface area contributed by atoms with Crippen LogP contribution in [0.15, 0.2) is 59.8 Å². The van der Waals surface area contributed by atoms with E-state index in [1.807, 2.05) is 38.1 Å². The zero-order valence-corrected chi connectivity index (χ0v) is 14.4. The van der Waals surface area contributed by atoms with Crippen molar-refractivity contribution in [3.05, 3.63) is 60.2 Å². The molecular formula is C19H22N2OS. The summed E-state index contributed by atoms with van der Waals surface area (Å²) in [6.45, 7) is 4.55. The molecule has 3 aromatic rings. The van der Waals surface area contributed by atoms with Crippen LogP contribution in [-0.2, 0) is 13.0 Å². The topological polar surface area (TPSA) is 38.1 Å². The molecule has 3 rings (SSSR count). The van der Waals surface area contributed by atoms with Gasteiger partial charge in [-0.2, -0.15) is 0 Å². The lowest BCUT2D eigenvalue weighted by Crippen LogP contribution is -2.22. The number of hydrogen-bond acceptors (Lipinski definition) is 3. The predicted octanol–water partition coefficient (Wildman–Crippen LogP) is 4.14. The third-order valence-electron chi connectivity index (χ3n) is 3.64. The molecule has 0 saturated carbocycles. The monoisotopic (exact) mass is 326 g/mol. The fourth-order valence-electron chi connectivity index (χ4n) is 2.51. The van der Waals surface area contributed by atoms with Gasteiger partial charge >= 0.3 is 0 Å². The number of para-hydroxylation sites is 2. The third kappa shape index (κ3) is 4.15. The van der Waals surface area contributed by atoms with Gasteiger partial charge in [-0.25, -0.2) is 4.98 Å². The average molecular weight is 326 g/mol. The number of benzene rings is 2. The molecule has 0 radical (unpaired) electrons. The maximum absolute atomic E-state index is 9.99. The lowest BCUT2D eigenvalue weighted by atomic mass is 10.1. The molecule has 0 aliphatic carbocycles. The Labute approximate surface area is 141 Å². The summed E-state index contributed by atoms with van der Waals surface area (Å²) in [4.78, 5) is 4.74. The van der Waals surface area contributed by atoms with Crippen molar-refractivity contribution in [3.8, 4) is 0 Å². The second kappa shape index (κ2) is 6.77. The highest BCUT2D eigenvalue weighted by Gasteiger charge is 2.17. The Balaban J connectivity index is 1.86. The smallest absolute Gasteiger partial charge is 0.169 e. The molecule has 1 heterocycles. The Morgan fingerprint density at radius 3 is 2.48 bits per heavy atom. The van der Waals surface area contributed by atoms with E-state index < -0.39 is 5.60 Å². The van der Waals surface area contributed by atoms with Crippen molar-refractivity contribution in [2.75, 3.05) is 5.75 Å². The van der Waals surface area contributed by atoms with Crippen LogP contribution in [0.3, 0.4) is 0 Å². The van der Waals surface area contributed by atoms with Gasteiger partial charge in [-0.15, -0.1) is 0 Å². The first-order chi connectivity index (χ1) is 11.0. The Hall–Kier alpha value is -1.78. The number of aromatic nitrogens is 2. The standard InChI is InChI=1S/C19H22N2OS/c1-19(2,22)14-23-18-20-16-10-6-7-11-17(16)21(18)13-12-15-8-4-3-5-9-15/h3-11,22H,12-14H2,1-2H3. The first-order valence-electron chi connectivity index (χ1n) is 7.87. The summed E-state index contributed by atoms with van der Waals surface area (Å²) >= 11 is 1.62. The molecule has 0 aliphatic heterocycles. The van der Waals surface area contributed by atoms with E-state index in [4.69, 9.17) is 4.98 Å². The summed E-state index contributed by atoms with van der Waals surface area (Å²) in [7, 11) is 0. The van der Waals surface area contributed by atoms with Crippen molar-refractivity contribution in [3.63, 3.8) is 0 Å². The van der Waals surface area contributed by atoms with Crippen LogP contribution in [-0.4, -0.2) is 26.0 Å². The van der Waals surface area contributed by atoms with Gasteiger partial charge in [-0.1, -0.05) is 54.2 Å². The number of nitrogens with zero attached hydrogens (tertiary/aromatic N) is 2. The molecular weight excluding hydrogens is 304 g/mol. The van der Waals surface area contributed by atoms with E-state index in [1.54, 1.807) is 11.8 Å². The molecule has 0 bridgehead atoms. The molecule has 0 atom stereocenters. The Morgan fingerprint density at radius 2 is 1.74 bits per heavy atom.